The predicted molar refractivity (Wildman–Crippen MR) is 96.8 cm³/mol. The smallest absolute Gasteiger partial charge is 0.259 e. The summed E-state index contributed by atoms with van der Waals surface area (Å²) in [5.74, 6) is -0.0209. The van der Waals surface area contributed by atoms with Gasteiger partial charge in [0.2, 0.25) is 0 Å². The van der Waals surface area contributed by atoms with Crippen LogP contribution in [0.25, 0.3) is 5.65 Å². The number of amides is 1. The summed E-state index contributed by atoms with van der Waals surface area (Å²) >= 11 is 0. The molecule has 1 aliphatic heterocycles. The van der Waals surface area contributed by atoms with Crippen LogP contribution in [0.5, 0.6) is 0 Å². The van der Waals surface area contributed by atoms with Crippen LogP contribution in [0.2, 0.25) is 0 Å². The first-order chi connectivity index (χ1) is 12.7. The van der Waals surface area contributed by atoms with Gasteiger partial charge in [-0.3, -0.25) is 14.4 Å². The van der Waals surface area contributed by atoms with Crippen molar-refractivity contribution in [1.29, 1.82) is 0 Å². The van der Waals surface area contributed by atoms with E-state index in [-0.39, 0.29) is 11.9 Å². The van der Waals surface area contributed by atoms with E-state index in [0.717, 1.165) is 25.2 Å². The lowest BCUT2D eigenvalue weighted by Crippen LogP contribution is -2.50. The van der Waals surface area contributed by atoms with Gasteiger partial charge in [-0.15, -0.1) is 0 Å². The summed E-state index contributed by atoms with van der Waals surface area (Å²) in [5, 5.41) is 8.58. The van der Waals surface area contributed by atoms with Crippen LogP contribution in [0, 0.1) is 0 Å². The van der Waals surface area contributed by atoms with Gasteiger partial charge in [0.05, 0.1) is 12.2 Å². The minimum atomic E-state index is -0.0209. The second-order valence-electron chi connectivity index (χ2n) is 6.60. The average molecular weight is 353 g/mol. The Labute approximate surface area is 152 Å². The van der Waals surface area contributed by atoms with Crippen molar-refractivity contribution in [2.75, 3.05) is 26.2 Å². The summed E-state index contributed by atoms with van der Waals surface area (Å²) < 4.78 is 3.61. The fraction of sp³-hybridized carbons (Fsp3) is 0.444. The Morgan fingerprint density at radius 1 is 1.23 bits per heavy atom. The largest absolute Gasteiger partial charge is 0.334 e. The topological polar surface area (TPSA) is 71.6 Å². The molecule has 1 saturated heterocycles. The highest BCUT2D eigenvalue weighted by Gasteiger charge is 2.34. The maximum atomic E-state index is 12.8. The van der Waals surface area contributed by atoms with Gasteiger partial charge in [0.1, 0.15) is 5.56 Å². The SMILES string of the molecule is CCN(CC)Cc1cnc2c(C(=O)N3CC(n4cccn4)C3)cnn2c1. The lowest BCUT2D eigenvalue weighted by Gasteiger charge is -2.38. The fourth-order valence-corrected chi connectivity index (χ4v) is 3.31. The van der Waals surface area contributed by atoms with Crippen LogP contribution >= 0.6 is 0 Å². The normalized spacial score (nSPS) is 15.0. The van der Waals surface area contributed by atoms with E-state index in [2.05, 4.69) is 33.9 Å². The Morgan fingerprint density at radius 3 is 2.73 bits per heavy atom. The third kappa shape index (κ3) is 2.96. The van der Waals surface area contributed by atoms with Gasteiger partial charge >= 0.3 is 0 Å². The van der Waals surface area contributed by atoms with Gasteiger partial charge in [0.25, 0.3) is 5.91 Å². The molecule has 8 nitrogen and oxygen atoms in total. The maximum Gasteiger partial charge on any atom is 0.259 e. The highest BCUT2D eigenvalue weighted by Crippen LogP contribution is 2.23. The zero-order chi connectivity index (χ0) is 18.1. The molecule has 0 atom stereocenters. The van der Waals surface area contributed by atoms with E-state index in [4.69, 9.17) is 0 Å². The fourth-order valence-electron chi connectivity index (χ4n) is 3.31. The molecule has 8 heteroatoms. The Morgan fingerprint density at radius 2 is 2.04 bits per heavy atom. The molecule has 3 aromatic rings. The molecule has 0 spiro atoms. The van der Waals surface area contributed by atoms with E-state index >= 15 is 0 Å². The van der Waals surface area contributed by atoms with Gasteiger partial charge in [-0.2, -0.15) is 10.2 Å². The van der Waals surface area contributed by atoms with Crippen LogP contribution in [0.3, 0.4) is 0 Å². The molecule has 0 bridgehead atoms. The Bertz CT molecular complexity index is 892. The third-order valence-electron chi connectivity index (χ3n) is 4.99. The van der Waals surface area contributed by atoms with Gasteiger partial charge < -0.3 is 4.90 Å². The molecule has 1 fully saturated rings. The van der Waals surface area contributed by atoms with Gasteiger partial charge in [-0.1, -0.05) is 13.8 Å². The second kappa shape index (κ2) is 6.87. The number of rotatable bonds is 6. The van der Waals surface area contributed by atoms with Crippen molar-refractivity contribution in [2.45, 2.75) is 26.4 Å². The molecule has 26 heavy (non-hydrogen) atoms. The maximum absolute atomic E-state index is 12.8. The Hall–Kier alpha value is -2.74. The lowest BCUT2D eigenvalue weighted by molar-refractivity contribution is 0.0503. The van der Waals surface area contributed by atoms with Crippen LogP contribution in [0.15, 0.2) is 37.1 Å². The highest BCUT2D eigenvalue weighted by atomic mass is 16.2. The minimum Gasteiger partial charge on any atom is -0.334 e. The van der Waals surface area contributed by atoms with Crippen molar-refractivity contribution < 1.29 is 4.79 Å². The first-order valence-corrected chi connectivity index (χ1v) is 9.02. The standard InChI is InChI=1S/C18H23N7O/c1-3-22(4-2)10-14-8-19-17-16(9-21-25(17)11-14)18(26)23-12-15(13-23)24-7-5-6-20-24/h5-9,11,15H,3-4,10,12-13H2,1-2H3. The number of fused-ring (bicyclic) bond motifs is 1. The van der Waals surface area contributed by atoms with Crippen molar-refractivity contribution in [3.8, 4) is 0 Å². The molecule has 136 valence electrons. The quantitative estimate of drug-likeness (QED) is 0.671. The van der Waals surface area contributed by atoms with Crippen molar-refractivity contribution in [3.05, 3.63) is 48.2 Å². The van der Waals surface area contributed by atoms with E-state index in [1.165, 1.54) is 0 Å². The van der Waals surface area contributed by atoms with E-state index < -0.39 is 0 Å². The molecule has 0 saturated carbocycles. The molecule has 0 aromatic carbocycles. The number of hydrogen-bond acceptors (Lipinski definition) is 5. The number of aromatic nitrogens is 5. The number of likely N-dealkylation sites (tertiary alicyclic amines) is 1. The molecule has 0 radical (unpaired) electrons. The van der Waals surface area contributed by atoms with Crippen LogP contribution in [0.1, 0.15) is 35.8 Å². The zero-order valence-electron chi connectivity index (χ0n) is 15.1. The van der Waals surface area contributed by atoms with Gasteiger partial charge in [-0.25, -0.2) is 9.50 Å². The molecule has 0 N–H and O–H groups in total. The first-order valence-electron chi connectivity index (χ1n) is 9.02. The van der Waals surface area contributed by atoms with E-state index in [1.54, 1.807) is 16.9 Å². The summed E-state index contributed by atoms with van der Waals surface area (Å²) in [6.07, 6.45) is 9.11. The number of carbonyl (C=O) groups excluding carboxylic acids is 1. The van der Waals surface area contributed by atoms with Crippen LogP contribution < -0.4 is 0 Å². The molecule has 4 heterocycles. The molecular weight excluding hydrogens is 330 g/mol. The number of nitrogens with zero attached hydrogens (tertiary/aromatic N) is 7. The van der Waals surface area contributed by atoms with Gasteiger partial charge in [0, 0.05) is 50.0 Å². The summed E-state index contributed by atoms with van der Waals surface area (Å²) in [7, 11) is 0. The molecule has 1 aliphatic rings. The summed E-state index contributed by atoms with van der Waals surface area (Å²) in [6, 6.07) is 2.15. The number of carbonyl (C=O) groups is 1. The van der Waals surface area contributed by atoms with E-state index in [1.807, 2.05) is 34.2 Å². The van der Waals surface area contributed by atoms with Crippen molar-refractivity contribution in [1.82, 2.24) is 34.2 Å². The highest BCUT2D eigenvalue weighted by molar-refractivity contribution is 6.00. The van der Waals surface area contributed by atoms with Crippen LogP contribution in [-0.2, 0) is 6.54 Å². The van der Waals surface area contributed by atoms with E-state index in [0.29, 0.717) is 24.3 Å². The first kappa shape index (κ1) is 16.7. The third-order valence-corrected chi connectivity index (χ3v) is 4.99. The molecule has 3 aromatic heterocycles. The second-order valence-corrected chi connectivity index (χ2v) is 6.60. The number of hydrogen-bond donors (Lipinski definition) is 0. The summed E-state index contributed by atoms with van der Waals surface area (Å²) in [4.78, 5) is 21.4. The molecule has 0 aliphatic carbocycles. The van der Waals surface area contributed by atoms with Crippen LogP contribution in [0.4, 0.5) is 0 Å². The molecule has 1 amide bonds. The Balaban J connectivity index is 1.48. The monoisotopic (exact) mass is 353 g/mol. The van der Waals surface area contributed by atoms with Crippen LogP contribution in [-0.4, -0.2) is 66.3 Å². The average Bonchev–Trinajstić information content (AvgIpc) is 3.27. The molecule has 0 unspecified atom stereocenters. The minimum absolute atomic E-state index is 0.0209. The Kier molecular flexibility index (Phi) is 4.42. The van der Waals surface area contributed by atoms with Crippen molar-refractivity contribution >= 4 is 11.6 Å². The van der Waals surface area contributed by atoms with Gasteiger partial charge in [0.15, 0.2) is 5.65 Å². The molecular formula is C18H23N7O. The predicted octanol–water partition coefficient (Wildman–Crippen LogP) is 1.46. The molecule has 4 rings (SSSR count). The van der Waals surface area contributed by atoms with Crippen molar-refractivity contribution in [2.24, 2.45) is 0 Å². The lowest BCUT2D eigenvalue weighted by atomic mass is 10.1. The van der Waals surface area contributed by atoms with E-state index in [9.17, 15) is 4.79 Å². The summed E-state index contributed by atoms with van der Waals surface area (Å²) in [6.45, 7) is 8.42. The zero-order valence-corrected chi connectivity index (χ0v) is 15.1. The van der Waals surface area contributed by atoms with Gasteiger partial charge in [-0.05, 0) is 19.2 Å². The summed E-state index contributed by atoms with van der Waals surface area (Å²) in [5.41, 5.74) is 2.25. The van der Waals surface area contributed by atoms with Crippen molar-refractivity contribution in [3.63, 3.8) is 0 Å².